The van der Waals surface area contributed by atoms with Crippen molar-refractivity contribution >= 4 is 17.3 Å². The number of benzene rings is 1. The summed E-state index contributed by atoms with van der Waals surface area (Å²) >= 11 is 1.86. The van der Waals surface area contributed by atoms with E-state index < -0.39 is 0 Å². The summed E-state index contributed by atoms with van der Waals surface area (Å²) in [5.74, 6) is 1.30. The van der Waals surface area contributed by atoms with Gasteiger partial charge in [-0.15, -0.1) is 11.3 Å². The van der Waals surface area contributed by atoms with E-state index in [9.17, 15) is 4.79 Å². The molecule has 4 heteroatoms. The molecule has 0 saturated carbocycles. The highest BCUT2D eigenvalue weighted by Crippen LogP contribution is 2.32. The topological polar surface area (TPSA) is 29.5 Å². The van der Waals surface area contributed by atoms with Crippen LogP contribution in [-0.4, -0.2) is 30.0 Å². The first-order valence-corrected chi connectivity index (χ1v) is 13.1. The molecule has 0 fully saturated rings. The number of carbonyl (C=O) groups is 1. The number of thiophene rings is 1. The quantitative estimate of drug-likeness (QED) is 0.272. The van der Waals surface area contributed by atoms with Crippen LogP contribution in [0.3, 0.4) is 0 Å². The molecule has 2 aromatic rings. The van der Waals surface area contributed by atoms with Crippen LogP contribution in [0.5, 0.6) is 5.75 Å². The summed E-state index contributed by atoms with van der Waals surface area (Å²) in [5.41, 5.74) is 2.61. The maximum Gasteiger partial charge on any atom is 0.311 e. The van der Waals surface area contributed by atoms with Crippen LogP contribution < -0.4 is 4.74 Å². The lowest BCUT2D eigenvalue weighted by Crippen LogP contribution is -2.41. The summed E-state index contributed by atoms with van der Waals surface area (Å²) < 4.78 is 5.83. The van der Waals surface area contributed by atoms with E-state index in [-0.39, 0.29) is 5.97 Å². The first kappa shape index (κ1) is 24.0. The Balaban J connectivity index is 1.59. The van der Waals surface area contributed by atoms with Crippen molar-refractivity contribution in [3.05, 3.63) is 51.7 Å². The monoisotopic (exact) mass is 441 g/mol. The predicted molar refractivity (Wildman–Crippen MR) is 131 cm³/mol. The van der Waals surface area contributed by atoms with Crippen LogP contribution in [0, 0.1) is 5.92 Å². The second-order valence-electron chi connectivity index (χ2n) is 9.06. The fourth-order valence-electron chi connectivity index (χ4n) is 4.81. The van der Waals surface area contributed by atoms with Gasteiger partial charge in [0.05, 0.1) is 0 Å². The van der Waals surface area contributed by atoms with Crippen LogP contribution in [0.4, 0.5) is 0 Å². The third-order valence-corrected chi connectivity index (χ3v) is 7.45. The van der Waals surface area contributed by atoms with Gasteiger partial charge in [-0.2, -0.15) is 0 Å². The van der Waals surface area contributed by atoms with Crippen molar-refractivity contribution in [1.82, 2.24) is 4.90 Å². The number of carbonyl (C=O) groups excluding carboxylic acids is 1. The summed E-state index contributed by atoms with van der Waals surface area (Å²) in [4.78, 5) is 16.6. The highest BCUT2D eigenvalue weighted by molar-refractivity contribution is 7.09. The molecule has 0 amide bonds. The maximum absolute atomic E-state index is 12.4. The molecule has 0 saturated heterocycles. The largest absolute Gasteiger partial charge is 0.426 e. The normalized spacial score (nSPS) is 16.8. The minimum Gasteiger partial charge on any atom is -0.426 e. The van der Waals surface area contributed by atoms with E-state index in [0.29, 0.717) is 18.4 Å². The predicted octanol–water partition coefficient (Wildman–Crippen LogP) is 6.68. The van der Waals surface area contributed by atoms with Gasteiger partial charge >= 0.3 is 5.97 Å². The van der Waals surface area contributed by atoms with E-state index in [0.717, 1.165) is 50.9 Å². The molecule has 1 aliphatic carbocycles. The number of rotatable bonds is 12. The van der Waals surface area contributed by atoms with E-state index in [1.807, 2.05) is 17.4 Å². The smallest absolute Gasteiger partial charge is 0.311 e. The van der Waals surface area contributed by atoms with E-state index >= 15 is 0 Å². The van der Waals surface area contributed by atoms with Crippen molar-refractivity contribution < 1.29 is 9.53 Å². The van der Waals surface area contributed by atoms with Gasteiger partial charge in [-0.05, 0) is 79.6 Å². The number of esters is 1. The summed E-state index contributed by atoms with van der Waals surface area (Å²) in [5, 5.41) is 2.17. The Kier molecular flexibility index (Phi) is 9.60. The van der Waals surface area contributed by atoms with E-state index in [2.05, 4.69) is 55.3 Å². The SMILES string of the molecule is CCCC(C)CCC(=O)Oc1cccc2c1CCC(N(CCC)CCc1cccs1)C2. The molecular formula is C27H39NO2S. The van der Waals surface area contributed by atoms with Crippen molar-refractivity contribution in [3.63, 3.8) is 0 Å². The molecular weight excluding hydrogens is 402 g/mol. The van der Waals surface area contributed by atoms with Gasteiger partial charge in [-0.1, -0.05) is 51.8 Å². The Morgan fingerprint density at radius 1 is 1.16 bits per heavy atom. The lowest BCUT2D eigenvalue weighted by Gasteiger charge is -2.35. The van der Waals surface area contributed by atoms with Gasteiger partial charge in [-0.25, -0.2) is 0 Å². The molecule has 1 aromatic carbocycles. The highest BCUT2D eigenvalue weighted by atomic mass is 32.1. The number of fused-ring (bicyclic) bond motifs is 1. The van der Waals surface area contributed by atoms with E-state index in [4.69, 9.17) is 4.74 Å². The Bertz CT molecular complexity index is 802. The van der Waals surface area contributed by atoms with E-state index in [1.165, 1.54) is 35.3 Å². The number of hydrogen-bond acceptors (Lipinski definition) is 4. The molecule has 170 valence electrons. The fourth-order valence-corrected chi connectivity index (χ4v) is 5.51. The average Bonchev–Trinajstić information content (AvgIpc) is 3.29. The number of ether oxygens (including phenoxy) is 1. The van der Waals surface area contributed by atoms with Crippen molar-refractivity contribution in [1.29, 1.82) is 0 Å². The van der Waals surface area contributed by atoms with Crippen molar-refractivity contribution in [2.45, 2.75) is 84.6 Å². The summed E-state index contributed by atoms with van der Waals surface area (Å²) in [6.07, 6.45) is 9.28. The second kappa shape index (κ2) is 12.4. The molecule has 0 aliphatic heterocycles. The molecule has 1 aliphatic rings. The zero-order chi connectivity index (χ0) is 22.1. The molecule has 0 bridgehead atoms. The lowest BCUT2D eigenvalue weighted by atomic mass is 9.86. The molecule has 2 atom stereocenters. The summed E-state index contributed by atoms with van der Waals surface area (Å²) in [6.45, 7) is 8.97. The van der Waals surface area contributed by atoms with Gasteiger partial charge in [0.2, 0.25) is 0 Å². The minimum atomic E-state index is -0.0815. The highest BCUT2D eigenvalue weighted by Gasteiger charge is 2.26. The van der Waals surface area contributed by atoms with E-state index in [1.54, 1.807) is 0 Å². The Morgan fingerprint density at radius 2 is 2.03 bits per heavy atom. The molecule has 31 heavy (non-hydrogen) atoms. The first-order chi connectivity index (χ1) is 15.1. The van der Waals surface area contributed by atoms with Crippen LogP contribution in [0.1, 0.15) is 75.3 Å². The molecule has 0 spiro atoms. The van der Waals surface area contributed by atoms with Crippen LogP contribution in [0.15, 0.2) is 35.7 Å². The average molecular weight is 442 g/mol. The van der Waals surface area contributed by atoms with Crippen molar-refractivity contribution in [2.24, 2.45) is 5.92 Å². The van der Waals surface area contributed by atoms with Crippen LogP contribution >= 0.6 is 11.3 Å². The summed E-state index contributed by atoms with van der Waals surface area (Å²) in [6, 6.07) is 11.2. The molecule has 1 aromatic heterocycles. The fraction of sp³-hybridized carbons (Fsp3) is 0.593. The number of hydrogen-bond donors (Lipinski definition) is 0. The van der Waals surface area contributed by atoms with Crippen molar-refractivity contribution in [2.75, 3.05) is 13.1 Å². The third-order valence-electron chi connectivity index (χ3n) is 6.51. The Hall–Kier alpha value is -1.65. The van der Waals surface area contributed by atoms with Gasteiger partial charge in [0.15, 0.2) is 0 Å². The second-order valence-corrected chi connectivity index (χ2v) is 10.1. The van der Waals surface area contributed by atoms with Gasteiger partial charge < -0.3 is 4.74 Å². The molecule has 3 nitrogen and oxygen atoms in total. The Morgan fingerprint density at radius 3 is 2.77 bits per heavy atom. The zero-order valence-corrected chi connectivity index (χ0v) is 20.4. The third kappa shape index (κ3) is 7.18. The first-order valence-electron chi connectivity index (χ1n) is 12.2. The van der Waals surface area contributed by atoms with Gasteiger partial charge in [-0.3, -0.25) is 9.69 Å². The number of nitrogens with zero attached hydrogens (tertiary/aromatic N) is 1. The molecule has 1 heterocycles. The van der Waals surface area contributed by atoms with Crippen LogP contribution in [0.2, 0.25) is 0 Å². The lowest BCUT2D eigenvalue weighted by molar-refractivity contribution is -0.134. The van der Waals surface area contributed by atoms with Crippen molar-refractivity contribution in [3.8, 4) is 5.75 Å². The molecule has 0 N–H and O–H groups in total. The molecule has 0 radical (unpaired) electrons. The zero-order valence-electron chi connectivity index (χ0n) is 19.6. The van der Waals surface area contributed by atoms with Gasteiger partial charge in [0.1, 0.15) is 5.75 Å². The van der Waals surface area contributed by atoms with Crippen LogP contribution in [0.25, 0.3) is 0 Å². The summed E-state index contributed by atoms with van der Waals surface area (Å²) in [7, 11) is 0. The molecule has 2 unspecified atom stereocenters. The maximum atomic E-state index is 12.4. The molecule has 3 rings (SSSR count). The minimum absolute atomic E-state index is 0.0815. The van der Waals surface area contributed by atoms with Crippen LogP contribution in [-0.2, 0) is 24.1 Å². The standard InChI is InChI=1S/C27H39NO2S/c1-4-8-21(3)12-15-27(29)30-26-11-6-9-22-20-23(13-14-25(22)26)28(17-5-2)18-16-24-10-7-19-31-24/h6-7,9-11,19,21,23H,4-5,8,12-18,20H2,1-3H3. The van der Waals surface area contributed by atoms with Gasteiger partial charge in [0.25, 0.3) is 0 Å². The van der Waals surface area contributed by atoms with Gasteiger partial charge in [0, 0.05) is 23.9 Å². The Labute approximate surface area is 192 Å².